The minimum Gasteiger partial charge on any atom is -0.756 e. The summed E-state index contributed by atoms with van der Waals surface area (Å²) < 4.78 is 30.3. The third-order valence-corrected chi connectivity index (χ3v) is 16.0. The molecule has 0 spiro atoms. The average molecular weight is 1120 g/mol. The molecule has 0 rings (SSSR count). The van der Waals surface area contributed by atoms with E-state index in [1.54, 1.807) is 0 Å². The first kappa shape index (κ1) is 76.0. The number of carbonyl (C=O) groups excluding carboxylic acids is 2. The molecule has 10 heteroatoms. The molecule has 458 valence electrons. The summed E-state index contributed by atoms with van der Waals surface area (Å²) in [5.74, 6) is -0.556. The van der Waals surface area contributed by atoms with Crippen LogP contribution in [0.3, 0.4) is 0 Å². The fourth-order valence-corrected chi connectivity index (χ4v) is 10.6. The van der Waals surface area contributed by atoms with Crippen molar-refractivity contribution >= 4 is 19.7 Å². The van der Waals surface area contributed by atoms with Gasteiger partial charge in [-0.2, -0.15) is 0 Å². The van der Waals surface area contributed by atoms with Gasteiger partial charge in [0.15, 0.2) is 0 Å². The lowest BCUT2D eigenvalue weighted by atomic mass is 10.0. The number of rotatable bonds is 61. The van der Waals surface area contributed by atoms with Gasteiger partial charge in [0.1, 0.15) is 19.3 Å². The number of hydrogen-bond donors (Lipinski definition) is 1. The van der Waals surface area contributed by atoms with Crippen LogP contribution in [-0.4, -0.2) is 69.4 Å². The Labute approximate surface area is 484 Å². The molecule has 0 heterocycles. The van der Waals surface area contributed by atoms with Gasteiger partial charge in [0.05, 0.1) is 33.8 Å². The van der Waals surface area contributed by atoms with Gasteiger partial charge in [-0.3, -0.25) is 14.2 Å². The summed E-state index contributed by atoms with van der Waals surface area (Å²) >= 11 is 0. The van der Waals surface area contributed by atoms with Gasteiger partial charge in [-0.15, -0.1) is 0 Å². The molecular weight excluding hydrogens is 988 g/mol. The number of phosphoric acid groups is 1. The van der Waals surface area contributed by atoms with Crippen molar-refractivity contribution in [3.8, 4) is 0 Å². The number of phosphoric ester groups is 1. The van der Waals surface area contributed by atoms with Gasteiger partial charge in [-0.25, -0.2) is 0 Å². The molecule has 0 aliphatic heterocycles. The van der Waals surface area contributed by atoms with Crippen LogP contribution in [0.15, 0.2) is 48.6 Å². The number of allylic oxidation sites excluding steroid dienone is 7. The van der Waals surface area contributed by atoms with Crippen molar-refractivity contribution in [2.24, 2.45) is 0 Å². The average Bonchev–Trinajstić information content (AvgIpc) is 3.40. The molecule has 0 aromatic heterocycles. The molecule has 1 N–H and O–H groups in total. The zero-order chi connectivity index (χ0) is 57.2. The van der Waals surface area contributed by atoms with Gasteiger partial charge in [0.25, 0.3) is 7.82 Å². The van der Waals surface area contributed by atoms with Crippen LogP contribution in [0.1, 0.15) is 323 Å². The molecular formula is C68H129N2O7P. The van der Waals surface area contributed by atoms with E-state index in [0.29, 0.717) is 23.9 Å². The largest absolute Gasteiger partial charge is 0.756 e. The number of quaternary nitrogens is 1. The quantitative estimate of drug-likeness (QED) is 0.0212. The lowest BCUT2D eigenvalue weighted by Crippen LogP contribution is -2.47. The summed E-state index contributed by atoms with van der Waals surface area (Å²) in [5.41, 5.74) is 0. The number of hydrogen-bond acceptors (Lipinski definition) is 7. The summed E-state index contributed by atoms with van der Waals surface area (Å²) in [4.78, 5) is 40.0. The standard InChI is InChI=1S/C68H129N2O7P/c1-7-10-13-16-19-22-25-27-29-30-31-32-33-34-35-36-37-38-39-40-41-42-45-48-51-54-57-60-67(71)69-65(64-76-78(73,74)75-63-62-70(4,5)6)66(59-56-53-50-47-44-24-21-18-15-12-9-3)77-68(72)61-58-55-52-49-46-43-28-26-23-20-17-14-11-8-2/h11,14,20,23,28,43,56,59,65-66H,7-10,12-13,15-19,21-22,24-27,29-42,44-55,57-58,60-64H2,1-6H3,(H-,69,71,73,74)/b14-11+,23-20+,43-28+,59-56-. The smallest absolute Gasteiger partial charge is 0.306 e. The van der Waals surface area contributed by atoms with Crippen LogP contribution in [0.2, 0.25) is 0 Å². The maximum Gasteiger partial charge on any atom is 0.306 e. The second-order valence-corrected chi connectivity index (χ2v) is 25.4. The van der Waals surface area contributed by atoms with Gasteiger partial charge in [0.2, 0.25) is 5.91 Å². The highest BCUT2D eigenvalue weighted by Gasteiger charge is 2.27. The van der Waals surface area contributed by atoms with Gasteiger partial charge in [-0.05, 0) is 63.9 Å². The summed E-state index contributed by atoms with van der Waals surface area (Å²) in [5, 5.41) is 3.03. The number of nitrogens with one attached hydrogen (secondary N) is 1. The maximum absolute atomic E-state index is 13.5. The normalized spacial score (nSPS) is 13.9. The van der Waals surface area contributed by atoms with Crippen LogP contribution in [0.25, 0.3) is 0 Å². The number of unbranched alkanes of at least 4 members (excludes halogenated alkanes) is 39. The van der Waals surface area contributed by atoms with Crippen molar-refractivity contribution in [2.75, 3.05) is 40.9 Å². The van der Waals surface area contributed by atoms with Crippen molar-refractivity contribution in [2.45, 2.75) is 335 Å². The van der Waals surface area contributed by atoms with Crippen molar-refractivity contribution < 1.29 is 37.3 Å². The van der Waals surface area contributed by atoms with Crippen molar-refractivity contribution in [3.05, 3.63) is 48.6 Å². The molecule has 3 atom stereocenters. The van der Waals surface area contributed by atoms with E-state index >= 15 is 0 Å². The number of esters is 1. The van der Waals surface area contributed by atoms with Crippen LogP contribution in [0.4, 0.5) is 0 Å². The Morgan fingerprint density at radius 2 is 0.821 bits per heavy atom. The predicted molar refractivity (Wildman–Crippen MR) is 335 cm³/mol. The number of amides is 1. The Morgan fingerprint density at radius 1 is 0.462 bits per heavy atom. The molecule has 0 aromatic rings. The lowest BCUT2D eigenvalue weighted by Gasteiger charge is -2.30. The summed E-state index contributed by atoms with van der Waals surface area (Å²) in [6.07, 6.45) is 72.5. The number of carbonyl (C=O) groups is 2. The first-order valence-electron chi connectivity index (χ1n) is 33.4. The third-order valence-electron chi connectivity index (χ3n) is 15.0. The summed E-state index contributed by atoms with van der Waals surface area (Å²) in [7, 11) is 1.18. The maximum atomic E-state index is 13.5. The van der Waals surface area contributed by atoms with E-state index in [1.165, 1.54) is 199 Å². The molecule has 0 aliphatic carbocycles. The van der Waals surface area contributed by atoms with Crippen LogP contribution < -0.4 is 10.2 Å². The predicted octanol–water partition coefficient (Wildman–Crippen LogP) is 20.2. The van der Waals surface area contributed by atoms with E-state index < -0.39 is 26.6 Å². The highest BCUT2D eigenvalue weighted by molar-refractivity contribution is 7.45. The molecule has 1 amide bonds. The Morgan fingerprint density at radius 3 is 1.23 bits per heavy atom. The van der Waals surface area contributed by atoms with Crippen LogP contribution in [-0.2, 0) is 27.9 Å². The van der Waals surface area contributed by atoms with Crippen molar-refractivity contribution in [3.63, 3.8) is 0 Å². The lowest BCUT2D eigenvalue weighted by molar-refractivity contribution is -0.870. The zero-order valence-corrected chi connectivity index (χ0v) is 53.3. The molecule has 3 unspecified atom stereocenters. The Bertz CT molecular complexity index is 1470. The highest BCUT2D eigenvalue weighted by Crippen LogP contribution is 2.38. The van der Waals surface area contributed by atoms with E-state index in [9.17, 15) is 19.0 Å². The van der Waals surface area contributed by atoms with Gasteiger partial charge >= 0.3 is 5.97 Å². The van der Waals surface area contributed by atoms with Crippen LogP contribution in [0, 0.1) is 0 Å². The van der Waals surface area contributed by atoms with E-state index in [0.717, 1.165) is 83.5 Å². The first-order valence-corrected chi connectivity index (χ1v) is 34.9. The highest BCUT2D eigenvalue weighted by atomic mass is 31.2. The minimum atomic E-state index is -4.70. The Kier molecular flexibility index (Phi) is 56.7. The SMILES string of the molecule is CC/C=C/C/C=C/C/C=C/CCCCCCC(=O)OC(/C=C\CCCCCCCCCCC)C(COP(=O)([O-])OCC[N+](C)(C)C)NC(=O)CCCCCCCCCCCCCCCCCCCCCCCCCCCCC. The molecule has 0 saturated carbocycles. The van der Waals surface area contributed by atoms with E-state index in [1.807, 2.05) is 33.3 Å². The molecule has 0 aromatic carbocycles. The van der Waals surface area contributed by atoms with Crippen molar-refractivity contribution in [1.29, 1.82) is 0 Å². The fraction of sp³-hybridized carbons (Fsp3) is 0.853. The Balaban J connectivity index is 4.96. The van der Waals surface area contributed by atoms with Gasteiger partial charge < -0.3 is 28.5 Å². The Hall–Kier alpha value is -2.03. The molecule has 0 radical (unpaired) electrons. The summed E-state index contributed by atoms with van der Waals surface area (Å²) in [6, 6.07) is -0.895. The second kappa shape index (κ2) is 58.2. The van der Waals surface area contributed by atoms with Gasteiger partial charge in [0, 0.05) is 12.8 Å². The number of likely N-dealkylation sites (N-methyl/N-ethyl adjacent to an activating group) is 1. The molecule has 0 fully saturated rings. The van der Waals surface area contributed by atoms with Crippen LogP contribution >= 0.6 is 7.82 Å². The van der Waals surface area contributed by atoms with Crippen LogP contribution in [0.5, 0.6) is 0 Å². The molecule has 0 bridgehead atoms. The van der Waals surface area contributed by atoms with Gasteiger partial charge in [-0.1, -0.05) is 294 Å². The minimum absolute atomic E-state index is 0.0250. The zero-order valence-electron chi connectivity index (χ0n) is 52.4. The molecule has 9 nitrogen and oxygen atoms in total. The van der Waals surface area contributed by atoms with E-state index in [4.69, 9.17) is 13.8 Å². The fourth-order valence-electron chi connectivity index (χ4n) is 9.89. The van der Waals surface area contributed by atoms with E-state index in [-0.39, 0.29) is 24.9 Å². The molecule has 78 heavy (non-hydrogen) atoms. The first-order chi connectivity index (χ1) is 37.9. The van der Waals surface area contributed by atoms with Crippen molar-refractivity contribution in [1.82, 2.24) is 5.32 Å². The third kappa shape index (κ3) is 58.6. The summed E-state index contributed by atoms with van der Waals surface area (Å²) in [6.45, 7) is 6.75. The topological polar surface area (TPSA) is 114 Å². The monoisotopic (exact) mass is 1120 g/mol. The second-order valence-electron chi connectivity index (χ2n) is 24.0. The molecule has 0 saturated heterocycles. The number of ether oxygens (including phenoxy) is 1. The number of nitrogens with zero attached hydrogens (tertiary/aromatic N) is 1. The molecule has 0 aliphatic rings. The van der Waals surface area contributed by atoms with E-state index in [2.05, 4.69) is 62.5 Å².